The maximum absolute atomic E-state index is 13.7. The van der Waals surface area contributed by atoms with Crippen molar-refractivity contribution in [1.82, 2.24) is 14.5 Å². The molecule has 1 aliphatic heterocycles. The van der Waals surface area contributed by atoms with Gasteiger partial charge < -0.3 is 13.9 Å². The van der Waals surface area contributed by atoms with Gasteiger partial charge in [-0.1, -0.05) is 38.1 Å². The molecule has 0 aliphatic carbocycles. The van der Waals surface area contributed by atoms with Crippen molar-refractivity contribution >= 4 is 16.9 Å². The number of hydrogen-bond acceptors (Lipinski definition) is 4. The van der Waals surface area contributed by atoms with E-state index < -0.39 is 6.04 Å². The van der Waals surface area contributed by atoms with Crippen LogP contribution in [0.2, 0.25) is 0 Å². The van der Waals surface area contributed by atoms with Crippen molar-refractivity contribution in [2.75, 3.05) is 6.54 Å². The minimum Gasteiger partial charge on any atom is -0.450 e. The summed E-state index contributed by atoms with van der Waals surface area (Å²) in [6.45, 7) is 9.50. The van der Waals surface area contributed by atoms with Crippen molar-refractivity contribution in [2.45, 2.75) is 52.6 Å². The fourth-order valence-corrected chi connectivity index (χ4v) is 4.76. The third-order valence-corrected chi connectivity index (χ3v) is 6.88. The summed E-state index contributed by atoms with van der Waals surface area (Å²) in [5.74, 6) is 0.343. The Morgan fingerprint density at radius 1 is 1.03 bits per heavy atom. The summed E-state index contributed by atoms with van der Waals surface area (Å²) in [5, 5.41) is 0.527. The van der Waals surface area contributed by atoms with Crippen molar-refractivity contribution in [2.24, 2.45) is 0 Å². The Bertz CT molecular complexity index is 1420. The van der Waals surface area contributed by atoms with E-state index in [9.17, 15) is 9.59 Å². The molecular weight excluding hydrogens is 426 g/mol. The number of nitrogens with zero attached hydrogens (tertiary/aromatic N) is 3. The molecule has 0 fully saturated rings. The van der Waals surface area contributed by atoms with E-state index in [0.717, 1.165) is 29.7 Å². The van der Waals surface area contributed by atoms with Crippen LogP contribution in [0.4, 0.5) is 0 Å². The highest BCUT2D eigenvalue weighted by Crippen LogP contribution is 2.39. The van der Waals surface area contributed by atoms with Crippen LogP contribution in [0.15, 0.2) is 64.3 Å². The molecule has 0 saturated carbocycles. The average Bonchev–Trinajstić information content (AvgIpc) is 3.43. The zero-order chi connectivity index (χ0) is 24.0. The maximum Gasteiger partial charge on any atom is 0.290 e. The van der Waals surface area contributed by atoms with Crippen molar-refractivity contribution in [1.29, 1.82) is 0 Å². The Hall–Kier alpha value is -3.67. The highest BCUT2D eigenvalue weighted by atomic mass is 16.3. The van der Waals surface area contributed by atoms with E-state index in [-0.39, 0.29) is 17.1 Å². The molecule has 0 spiro atoms. The molecule has 174 valence electrons. The molecule has 0 saturated heterocycles. The summed E-state index contributed by atoms with van der Waals surface area (Å²) in [4.78, 5) is 33.2. The summed E-state index contributed by atoms with van der Waals surface area (Å²) in [7, 11) is 0. The summed E-state index contributed by atoms with van der Waals surface area (Å²) < 4.78 is 8.11. The van der Waals surface area contributed by atoms with Crippen LogP contribution in [0.3, 0.4) is 0 Å². The first-order valence-corrected chi connectivity index (χ1v) is 11.8. The number of imidazole rings is 1. The molecule has 1 atom stereocenters. The fraction of sp³-hybridized carbons (Fsp3) is 0.321. The van der Waals surface area contributed by atoms with Crippen molar-refractivity contribution in [3.63, 3.8) is 0 Å². The fourth-order valence-electron chi connectivity index (χ4n) is 4.76. The summed E-state index contributed by atoms with van der Waals surface area (Å²) in [6.07, 6.45) is 6.16. The highest BCUT2D eigenvalue weighted by molar-refractivity contribution is 5.99. The Morgan fingerprint density at radius 3 is 2.44 bits per heavy atom. The molecule has 6 heteroatoms. The lowest BCUT2D eigenvalue weighted by molar-refractivity contribution is 0.0723. The van der Waals surface area contributed by atoms with Gasteiger partial charge in [-0.05, 0) is 60.6 Å². The topological polar surface area (TPSA) is 68.3 Å². The minimum absolute atomic E-state index is 0.122. The molecule has 4 aromatic rings. The van der Waals surface area contributed by atoms with E-state index in [4.69, 9.17) is 4.42 Å². The quantitative estimate of drug-likeness (QED) is 0.392. The highest BCUT2D eigenvalue weighted by Gasteiger charge is 2.42. The van der Waals surface area contributed by atoms with Crippen LogP contribution < -0.4 is 5.43 Å². The van der Waals surface area contributed by atoms with E-state index in [1.54, 1.807) is 17.4 Å². The molecule has 0 N–H and O–H groups in total. The standard InChI is InChI=1S/C28H29N3O3/c1-17(2)20-6-8-21(9-7-20)25-24-26(32)22-14-18(3)19(4)15-23(22)34-27(24)28(33)31(25)12-5-11-30-13-10-29-16-30/h6-10,13-17,25H,5,11-12H2,1-4H3. The van der Waals surface area contributed by atoms with Gasteiger partial charge >= 0.3 is 0 Å². The lowest BCUT2D eigenvalue weighted by atomic mass is 9.95. The number of aryl methyl sites for hydroxylation is 3. The zero-order valence-electron chi connectivity index (χ0n) is 20.0. The summed E-state index contributed by atoms with van der Waals surface area (Å²) in [6, 6.07) is 11.5. The Morgan fingerprint density at radius 2 is 1.76 bits per heavy atom. The van der Waals surface area contributed by atoms with Gasteiger partial charge in [0.1, 0.15) is 5.58 Å². The van der Waals surface area contributed by atoms with Gasteiger partial charge in [0, 0.05) is 25.5 Å². The number of hydrogen-bond donors (Lipinski definition) is 0. The molecule has 0 bridgehead atoms. The third-order valence-electron chi connectivity index (χ3n) is 6.88. The van der Waals surface area contributed by atoms with E-state index in [1.165, 1.54) is 5.56 Å². The molecule has 1 aliphatic rings. The molecule has 34 heavy (non-hydrogen) atoms. The van der Waals surface area contributed by atoms with Gasteiger partial charge in [0.2, 0.25) is 5.76 Å². The summed E-state index contributed by atoms with van der Waals surface area (Å²) >= 11 is 0. The number of rotatable bonds is 6. The Balaban J connectivity index is 1.61. The molecule has 5 rings (SSSR count). The number of carbonyl (C=O) groups is 1. The third kappa shape index (κ3) is 3.73. The van der Waals surface area contributed by atoms with Crippen LogP contribution in [-0.4, -0.2) is 26.9 Å². The van der Waals surface area contributed by atoms with Gasteiger partial charge in [0.15, 0.2) is 5.43 Å². The second kappa shape index (κ2) is 8.60. The molecule has 3 heterocycles. The van der Waals surface area contributed by atoms with Gasteiger partial charge in [0.05, 0.1) is 23.3 Å². The molecular formula is C28H29N3O3. The minimum atomic E-state index is -0.464. The van der Waals surface area contributed by atoms with Crippen LogP contribution in [0.5, 0.6) is 0 Å². The molecule has 1 amide bonds. The molecule has 0 radical (unpaired) electrons. The maximum atomic E-state index is 13.7. The van der Waals surface area contributed by atoms with Crippen molar-refractivity contribution < 1.29 is 9.21 Å². The molecule has 6 nitrogen and oxygen atoms in total. The van der Waals surface area contributed by atoms with Gasteiger partial charge in [-0.2, -0.15) is 0 Å². The molecule has 2 aromatic heterocycles. The summed E-state index contributed by atoms with van der Waals surface area (Å²) in [5.41, 5.74) is 4.99. The predicted molar refractivity (Wildman–Crippen MR) is 132 cm³/mol. The molecule has 2 aromatic carbocycles. The largest absolute Gasteiger partial charge is 0.450 e. The number of fused-ring (bicyclic) bond motifs is 2. The lowest BCUT2D eigenvalue weighted by Crippen LogP contribution is -2.31. The number of aromatic nitrogens is 2. The number of benzene rings is 2. The van der Waals surface area contributed by atoms with Crippen LogP contribution in [0, 0.1) is 13.8 Å². The van der Waals surface area contributed by atoms with Gasteiger partial charge in [-0.15, -0.1) is 0 Å². The zero-order valence-corrected chi connectivity index (χ0v) is 20.0. The predicted octanol–water partition coefficient (Wildman–Crippen LogP) is 5.37. The Kier molecular flexibility index (Phi) is 5.60. The van der Waals surface area contributed by atoms with Gasteiger partial charge in [-0.3, -0.25) is 9.59 Å². The second-order valence-electron chi connectivity index (χ2n) is 9.48. The Labute approximate surface area is 198 Å². The van der Waals surface area contributed by atoms with E-state index in [2.05, 4.69) is 31.0 Å². The first kappa shape index (κ1) is 22.1. The molecule has 1 unspecified atom stereocenters. The van der Waals surface area contributed by atoms with E-state index in [1.807, 2.05) is 48.9 Å². The van der Waals surface area contributed by atoms with Crippen molar-refractivity contribution in [3.05, 3.63) is 98.9 Å². The van der Waals surface area contributed by atoms with Crippen LogP contribution in [-0.2, 0) is 6.54 Å². The first-order valence-electron chi connectivity index (χ1n) is 11.8. The van der Waals surface area contributed by atoms with Crippen molar-refractivity contribution in [3.8, 4) is 0 Å². The van der Waals surface area contributed by atoms with Crippen LogP contribution in [0.25, 0.3) is 11.0 Å². The first-order chi connectivity index (χ1) is 16.3. The monoisotopic (exact) mass is 455 g/mol. The van der Waals surface area contributed by atoms with Crippen LogP contribution >= 0.6 is 0 Å². The van der Waals surface area contributed by atoms with E-state index >= 15 is 0 Å². The normalized spacial score (nSPS) is 15.5. The second-order valence-corrected chi connectivity index (χ2v) is 9.48. The van der Waals surface area contributed by atoms with Crippen LogP contribution in [0.1, 0.15) is 70.6 Å². The average molecular weight is 456 g/mol. The lowest BCUT2D eigenvalue weighted by Gasteiger charge is -2.25. The van der Waals surface area contributed by atoms with Gasteiger partial charge in [0.25, 0.3) is 5.91 Å². The number of amides is 1. The smallest absolute Gasteiger partial charge is 0.290 e. The SMILES string of the molecule is Cc1cc2oc3c(c(=O)c2cc1C)C(c1ccc(C(C)C)cc1)N(CCCn1ccnc1)C3=O. The van der Waals surface area contributed by atoms with E-state index in [0.29, 0.717) is 29.0 Å². The number of carbonyl (C=O) groups excluding carboxylic acids is 1. The van der Waals surface area contributed by atoms with Gasteiger partial charge in [-0.25, -0.2) is 4.98 Å².